The van der Waals surface area contributed by atoms with Crippen LogP contribution in [0.1, 0.15) is 42.1 Å². The number of likely N-dealkylation sites (tertiary alicyclic amines) is 1. The number of nitrogens with one attached hydrogen (secondary N) is 2. The van der Waals surface area contributed by atoms with Gasteiger partial charge in [0.25, 0.3) is 12.0 Å². The Labute approximate surface area is 329 Å². The van der Waals surface area contributed by atoms with Gasteiger partial charge in [0.1, 0.15) is 16.9 Å². The molecule has 0 unspecified atom stereocenters. The summed E-state index contributed by atoms with van der Waals surface area (Å²) < 4.78 is 35.9. The molecule has 2 saturated heterocycles. The summed E-state index contributed by atoms with van der Waals surface area (Å²) in [5.41, 5.74) is 2.36. The van der Waals surface area contributed by atoms with E-state index < -0.39 is 23.4 Å². The number of fused-ring (bicyclic) bond motifs is 2. The van der Waals surface area contributed by atoms with Crippen molar-refractivity contribution in [3.63, 3.8) is 0 Å². The first-order valence-corrected chi connectivity index (χ1v) is 18.8. The van der Waals surface area contributed by atoms with Crippen LogP contribution in [0.3, 0.4) is 0 Å². The van der Waals surface area contributed by atoms with Crippen molar-refractivity contribution in [2.24, 2.45) is 14.1 Å². The van der Waals surface area contributed by atoms with Crippen LogP contribution in [0.2, 0.25) is 10.0 Å². The Kier molecular flexibility index (Phi) is 9.76. The Morgan fingerprint density at radius 2 is 1.75 bits per heavy atom. The highest BCUT2D eigenvalue weighted by atomic mass is 35.5. The number of halogens is 4. The van der Waals surface area contributed by atoms with Crippen molar-refractivity contribution < 1.29 is 23.4 Å². The molecule has 0 radical (unpaired) electrons. The monoisotopic (exact) mass is 806 g/mol. The van der Waals surface area contributed by atoms with Crippen LogP contribution in [0.25, 0.3) is 33.3 Å². The molecule has 0 saturated carbocycles. The molecule has 2 atom stereocenters. The number of methoxy groups -OCH3 is 1. The summed E-state index contributed by atoms with van der Waals surface area (Å²) in [6.07, 6.45) is -0.520. The molecule has 1 aliphatic carbocycles. The van der Waals surface area contributed by atoms with Crippen LogP contribution in [-0.4, -0.2) is 85.5 Å². The molecule has 17 heteroatoms. The number of aryl methyl sites for hydroxylation is 2. The smallest absolute Gasteiger partial charge is 0.330 e. The number of aliphatic hydroxyl groups excluding tert-OH is 1. The number of urea groups is 1. The molecule has 5 aromatic rings. The number of benzene rings is 2. The largest absolute Gasteiger partial charge is 0.481 e. The van der Waals surface area contributed by atoms with Crippen molar-refractivity contribution in [2.45, 2.75) is 37.3 Å². The molecular weight excluding hydrogens is 769 g/mol. The normalized spacial score (nSPS) is 19.4. The van der Waals surface area contributed by atoms with E-state index in [0.717, 1.165) is 52.1 Å². The van der Waals surface area contributed by atoms with Crippen LogP contribution in [0.15, 0.2) is 58.1 Å². The van der Waals surface area contributed by atoms with Crippen LogP contribution in [0.5, 0.6) is 5.88 Å². The Balaban J connectivity index is 1.12. The maximum atomic E-state index is 14.0. The number of ether oxygens (including phenoxy) is 1. The van der Waals surface area contributed by atoms with Gasteiger partial charge in [0.2, 0.25) is 5.88 Å². The van der Waals surface area contributed by atoms with Gasteiger partial charge in [-0.05, 0) is 43.0 Å². The molecule has 0 bridgehead atoms. The predicted molar refractivity (Wildman–Crippen MR) is 209 cm³/mol. The zero-order chi connectivity index (χ0) is 39.6. The minimum absolute atomic E-state index is 0.00485. The summed E-state index contributed by atoms with van der Waals surface area (Å²) >= 11 is 14.2. The van der Waals surface area contributed by atoms with Crippen LogP contribution in [-0.2, 0) is 20.5 Å². The predicted octanol–water partition coefficient (Wildman–Crippen LogP) is 5.81. The topological polar surface area (TPSA) is 147 Å². The lowest BCUT2D eigenvalue weighted by atomic mass is 9.99. The maximum absolute atomic E-state index is 14.0. The molecule has 8 rings (SSSR count). The number of alkyl halides is 2. The van der Waals surface area contributed by atoms with Crippen LogP contribution >= 0.6 is 23.2 Å². The van der Waals surface area contributed by atoms with E-state index in [0.29, 0.717) is 52.9 Å². The lowest BCUT2D eigenvalue weighted by Gasteiger charge is -2.28. The molecule has 3 aliphatic rings. The van der Waals surface area contributed by atoms with E-state index in [1.165, 1.54) is 14.1 Å². The Morgan fingerprint density at radius 3 is 2.48 bits per heavy atom. The van der Waals surface area contributed by atoms with Crippen LogP contribution in [0.4, 0.5) is 25.1 Å². The number of anilines is 2. The molecule has 3 N–H and O–H groups in total. The van der Waals surface area contributed by atoms with Crippen LogP contribution < -0.4 is 26.6 Å². The van der Waals surface area contributed by atoms with Gasteiger partial charge in [0.05, 0.1) is 46.2 Å². The third kappa shape index (κ3) is 6.26. The molecule has 56 heavy (non-hydrogen) atoms. The first kappa shape index (κ1) is 37.8. The molecule has 2 aromatic carbocycles. The second kappa shape index (κ2) is 14.4. The van der Waals surface area contributed by atoms with Gasteiger partial charge in [0.15, 0.2) is 0 Å². The number of aliphatic hydroxyl groups is 1. The van der Waals surface area contributed by atoms with Crippen molar-refractivity contribution in [3.05, 3.63) is 96.2 Å². The number of hydrogen-bond acceptors (Lipinski definition) is 9. The minimum Gasteiger partial charge on any atom is -0.481 e. The fourth-order valence-corrected chi connectivity index (χ4v) is 9.04. The van der Waals surface area contributed by atoms with E-state index in [1.54, 1.807) is 36.3 Å². The molecular formula is C39H38Cl2F2N8O5. The number of rotatable bonds is 9. The summed E-state index contributed by atoms with van der Waals surface area (Å²) in [6, 6.07) is 13.6. The van der Waals surface area contributed by atoms with Crippen molar-refractivity contribution >= 4 is 51.6 Å². The van der Waals surface area contributed by atoms with Gasteiger partial charge in [-0.2, -0.15) is 0 Å². The standard InChI is InChI=1S/C39H38Cl2F2N8O5/c1-48-28-17-26(33(42)43)45-34(30(28)36(53)49(2)38(48)55)44-24-9-5-7-22(32(24)41)21-6-4-8-23(31(21)40)25-16-20-10-11-27(29(20)35(46-25)56-3)50-13-12-39(18-50)19-51(14-15-52)37(54)47-39/h4-9,16-17,27,33,52H,10-15,18-19H2,1-3H3,(H,44,45)(H,47,54)/t27-,39+/m0/s1. The Hall–Kier alpha value is -5.09. The number of carbonyl (C=O) groups is 1. The van der Waals surface area contributed by atoms with E-state index >= 15 is 0 Å². The van der Waals surface area contributed by atoms with E-state index in [2.05, 4.69) is 20.5 Å². The van der Waals surface area contributed by atoms with E-state index in [-0.39, 0.29) is 51.6 Å². The average molecular weight is 808 g/mol. The van der Waals surface area contributed by atoms with Gasteiger partial charge in [-0.15, -0.1) is 0 Å². The van der Waals surface area contributed by atoms with Gasteiger partial charge >= 0.3 is 11.7 Å². The summed E-state index contributed by atoms with van der Waals surface area (Å²) in [7, 11) is 4.29. The lowest BCUT2D eigenvalue weighted by molar-refractivity contribution is 0.146. The average Bonchev–Trinajstić information content (AvgIpc) is 3.89. The van der Waals surface area contributed by atoms with Gasteiger partial charge in [-0.25, -0.2) is 28.3 Å². The number of pyridine rings is 2. The summed E-state index contributed by atoms with van der Waals surface area (Å²) in [5.74, 6) is 0.319. The quantitative estimate of drug-likeness (QED) is 0.168. The fraction of sp³-hybridized carbons (Fsp3) is 0.359. The summed E-state index contributed by atoms with van der Waals surface area (Å²) in [5, 5.41) is 16.1. The number of β-amino-alcohol motifs (C(OH)–C–C–N with tert-alkyl or cyclic N) is 1. The number of hydrogen-bond donors (Lipinski definition) is 3. The Morgan fingerprint density at radius 1 is 1.02 bits per heavy atom. The highest BCUT2D eigenvalue weighted by Gasteiger charge is 2.49. The van der Waals surface area contributed by atoms with Crippen molar-refractivity contribution in [1.82, 2.24) is 34.2 Å². The second-order valence-electron chi connectivity index (χ2n) is 14.5. The first-order chi connectivity index (χ1) is 26.8. The molecule has 2 aliphatic heterocycles. The number of nitrogens with zero attached hydrogens (tertiary/aromatic N) is 6. The zero-order valence-electron chi connectivity index (χ0n) is 30.7. The maximum Gasteiger partial charge on any atom is 0.330 e. The lowest BCUT2D eigenvalue weighted by Crippen LogP contribution is -2.46. The number of carbonyl (C=O) groups excluding carboxylic acids is 1. The fourth-order valence-electron chi connectivity index (χ4n) is 8.44. The molecule has 13 nitrogen and oxygen atoms in total. The highest BCUT2D eigenvalue weighted by Crippen LogP contribution is 2.47. The van der Waals surface area contributed by atoms with Gasteiger partial charge in [-0.3, -0.25) is 18.8 Å². The molecule has 292 valence electrons. The molecule has 1 spiro atoms. The molecule has 2 amide bonds. The molecule has 5 heterocycles. The SMILES string of the molecule is COc1nc(-c2cccc(-c3cccc(Nc4nc(C(F)F)cc5c4c(=O)n(C)c(=O)n5C)c3Cl)c2Cl)cc2c1[C@@H](N1CC[C@]3(CN(CCO)C(=O)N3)C1)CC2. The van der Waals surface area contributed by atoms with Gasteiger partial charge in [0, 0.05) is 68.6 Å². The van der Waals surface area contributed by atoms with Crippen molar-refractivity contribution in [2.75, 3.05) is 45.2 Å². The number of aromatic nitrogens is 4. The van der Waals surface area contributed by atoms with Crippen molar-refractivity contribution in [3.8, 4) is 28.3 Å². The number of amides is 2. The van der Waals surface area contributed by atoms with E-state index in [1.807, 2.05) is 18.2 Å². The van der Waals surface area contributed by atoms with Crippen molar-refractivity contribution in [1.29, 1.82) is 0 Å². The first-order valence-electron chi connectivity index (χ1n) is 18.1. The van der Waals surface area contributed by atoms with Gasteiger partial charge in [-0.1, -0.05) is 53.5 Å². The van der Waals surface area contributed by atoms with E-state index in [9.17, 15) is 28.3 Å². The molecule has 3 aromatic heterocycles. The minimum atomic E-state index is -2.97. The third-order valence-electron chi connectivity index (χ3n) is 11.2. The highest BCUT2D eigenvalue weighted by molar-refractivity contribution is 6.39. The third-order valence-corrected chi connectivity index (χ3v) is 12.0. The van der Waals surface area contributed by atoms with E-state index in [4.69, 9.17) is 32.9 Å². The Bertz CT molecular complexity index is 2550. The van der Waals surface area contributed by atoms with Crippen LogP contribution in [0, 0.1) is 0 Å². The zero-order valence-corrected chi connectivity index (χ0v) is 32.2. The van der Waals surface area contributed by atoms with Gasteiger partial charge < -0.3 is 25.4 Å². The summed E-state index contributed by atoms with van der Waals surface area (Å²) in [6.45, 7) is 2.25. The second-order valence-corrected chi connectivity index (χ2v) is 15.2. The molecule has 2 fully saturated rings. The summed E-state index contributed by atoms with van der Waals surface area (Å²) in [4.78, 5) is 51.6.